The Morgan fingerprint density at radius 3 is 2.59 bits per heavy atom. The van der Waals surface area contributed by atoms with Gasteiger partial charge in [0.1, 0.15) is 11.5 Å². The Kier molecular flexibility index (Phi) is 6.01. The summed E-state index contributed by atoms with van der Waals surface area (Å²) >= 11 is 0. The third-order valence-corrected chi connectivity index (χ3v) is 6.27. The summed E-state index contributed by atoms with van der Waals surface area (Å²) in [6, 6.07) is 6.41. The van der Waals surface area contributed by atoms with Crippen molar-refractivity contribution >= 4 is 22.5 Å². The largest absolute Gasteiger partial charge is 0.396 e. The average molecular weight is 441 g/mol. The number of pyridine rings is 1. The Hall–Kier alpha value is -2.84. The minimum absolute atomic E-state index is 0.0991. The lowest BCUT2D eigenvalue weighted by Crippen LogP contribution is -2.21. The van der Waals surface area contributed by atoms with Crippen LogP contribution >= 0.6 is 0 Å². The van der Waals surface area contributed by atoms with Crippen LogP contribution in [0.2, 0.25) is 0 Å². The Balaban J connectivity index is 1.66. The Morgan fingerprint density at radius 2 is 1.97 bits per heavy atom. The van der Waals surface area contributed by atoms with E-state index in [0.29, 0.717) is 17.2 Å². The monoisotopic (exact) mass is 440 g/mol. The molecule has 1 aliphatic rings. The number of fused-ring (bicyclic) bond motifs is 1. The van der Waals surface area contributed by atoms with Crippen LogP contribution < -0.4 is 5.32 Å². The molecule has 32 heavy (non-hydrogen) atoms. The summed E-state index contributed by atoms with van der Waals surface area (Å²) in [7, 11) is 0. The number of hydrogen-bond donors (Lipinski definition) is 3. The molecule has 2 heterocycles. The first-order chi connectivity index (χ1) is 15.2. The van der Waals surface area contributed by atoms with Crippen molar-refractivity contribution < 1.29 is 19.4 Å². The van der Waals surface area contributed by atoms with E-state index in [-0.39, 0.29) is 24.0 Å². The van der Waals surface area contributed by atoms with Gasteiger partial charge in [-0.1, -0.05) is 0 Å². The average Bonchev–Trinajstić information content (AvgIpc) is 3.17. The second-order valence-electron chi connectivity index (χ2n) is 9.20. The van der Waals surface area contributed by atoms with Gasteiger partial charge in [-0.05, 0) is 76.6 Å². The van der Waals surface area contributed by atoms with Crippen molar-refractivity contribution in [2.75, 3.05) is 11.9 Å². The Morgan fingerprint density at radius 1 is 1.25 bits per heavy atom. The molecule has 1 aliphatic carbocycles. The summed E-state index contributed by atoms with van der Waals surface area (Å²) in [5.41, 5.74) is 0.760. The van der Waals surface area contributed by atoms with Crippen molar-refractivity contribution in [1.82, 2.24) is 14.8 Å². The number of aliphatic hydroxyl groups excluding tert-OH is 1. The molecule has 1 fully saturated rings. The first kappa shape index (κ1) is 22.4. The van der Waals surface area contributed by atoms with E-state index in [1.165, 1.54) is 19.1 Å². The lowest BCUT2D eigenvalue weighted by atomic mass is 9.87. The molecule has 0 bridgehead atoms. The molecule has 4 rings (SSSR count). The fourth-order valence-electron chi connectivity index (χ4n) is 4.34. The predicted molar refractivity (Wildman–Crippen MR) is 120 cm³/mol. The molecule has 1 saturated carbocycles. The van der Waals surface area contributed by atoms with Gasteiger partial charge in [-0.2, -0.15) is 5.10 Å². The molecule has 8 heteroatoms. The highest BCUT2D eigenvalue weighted by molar-refractivity contribution is 6.04. The molecule has 1 amide bonds. The van der Waals surface area contributed by atoms with Crippen molar-refractivity contribution in [2.45, 2.75) is 58.1 Å². The molecule has 0 aliphatic heterocycles. The molecule has 3 aromatic rings. The molecule has 1 aromatic carbocycles. The van der Waals surface area contributed by atoms with Crippen molar-refractivity contribution in [1.29, 1.82) is 0 Å². The van der Waals surface area contributed by atoms with Gasteiger partial charge < -0.3 is 15.5 Å². The topological polar surface area (TPSA) is 100 Å². The van der Waals surface area contributed by atoms with Crippen LogP contribution in [0.25, 0.3) is 10.9 Å². The summed E-state index contributed by atoms with van der Waals surface area (Å²) in [5.74, 6) is -0.586. The van der Waals surface area contributed by atoms with Gasteiger partial charge in [-0.25, -0.2) is 9.37 Å². The smallest absolute Gasteiger partial charge is 0.274 e. The number of amides is 1. The van der Waals surface area contributed by atoms with Crippen molar-refractivity contribution in [2.24, 2.45) is 5.92 Å². The molecule has 2 aromatic heterocycles. The fraction of sp³-hybridized carbons (Fsp3) is 0.458. The Labute approximate surface area is 186 Å². The summed E-state index contributed by atoms with van der Waals surface area (Å²) in [6.07, 6.45) is 5.81. The molecule has 170 valence electrons. The zero-order chi connectivity index (χ0) is 23.0. The van der Waals surface area contributed by atoms with Gasteiger partial charge in [0.2, 0.25) is 0 Å². The zero-order valence-electron chi connectivity index (χ0n) is 18.6. The number of aryl methyl sites for hydroxylation is 1. The first-order valence-corrected chi connectivity index (χ1v) is 11.0. The summed E-state index contributed by atoms with van der Waals surface area (Å²) in [5, 5.41) is 28.5. The van der Waals surface area contributed by atoms with E-state index in [1.54, 1.807) is 26.0 Å². The normalized spacial score (nSPS) is 19.3. The lowest BCUT2D eigenvalue weighted by molar-refractivity contribution is 0.0793. The predicted octanol–water partition coefficient (Wildman–Crippen LogP) is 4.08. The number of benzene rings is 1. The third kappa shape index (κ3) is 4.52. The van der Waals surface area contributed by atoms with E-state index in [9.17, 15) is 19.4 Å². The van der Waals surface area contributed by atoms with Gasteiger partial charge in [-0.3, -0.25) is 9.48 Å². The van der Waals surface area contributed by atoms with Crippen LogP contribution in [0.4, 0.5) is 10.1 Å². The van der Waals surface area contributed by atoms with E-state index in [0.717, 1.165) is 36.6 Å². The number of aliphatic hydroxyl groups is 2. The van der Waals surface area contributed by atoms with Gasteiger partial charge in [0.15, 0.2) is 0 Å². The van der Waals surface area contributed by atoms with Crippen molar-refractivity contribution in [3.05, 3.63) is 53.2 Å². The number of rotatable bonds is 5. The van der Waals surface area contributed by atoms with Crippen LogP contribution in [0.5, 0.6) is 0 Å². The van der Waals surface area contributed by atoms with Gasteiger partial charge in [0, 0.05) is 29.4 Å². The van der Waals surface area contributed by atoms with Crippen LogP contribution in [0.15, 0.2) is 30.5 Å². The zero-order valence-corrected chi connectivity index (χ0v) is 18.6. The summed E-state index contributed by atoms with van der Waals surface area (Å²) in [6.45, 7) is 5.03. The maximum absolute atomic E-state index is 13.5. The minimum Gasteiger partial charge on any atom is -0.396 e. The van der Waals surface area contributed by atoms with E-state index in [2.05, 4.69) is 10.3 Å². The minimum atomic E-state index is -1.22. The molecular formula is C24H29FN4O3. The van der Waals surface area contributed by atoms with Crippen LogP contribution in [0.3, 0.4) is 0 Å². The van der Waals surface area contributed by atoms with Gasteiger partial charge in [0.25, 0.3) is 5.91 Å². The number of halogens is 1. The highest BCUT2D eigenvalue weighted by Crippen LogP contribution is 2.35. The molecule has 0 saturated heterocycles. The number of aromatic nitrogens is 3. The maximum atomic E-state index is 13.5. The number of carbonyl (C=O) groups excluding carboxylic acids is 1. The molecule has 0 unspecified atom stereocenters. The number of nitrogens with zero attached hydrogens (tertiary/aromatic N) is 3. The first-order valence-electron chi connectivity index (χ1n) is 11.0. The number of anilines is 1. The Bertz CT molecular complexity index is 1140. The fourth-order valence-corrected chi connectivity index (χ4v) is 4.34. The van der Waals surface area contributed by atoms with E-state index < -0.39 is 17.3 Å². The van der Waals surface area contributed by atoms with Crippen molar-refractivity contribution in [3.8, 4) is 0 Å². The van der Waals surface area contributed by atoms with Gasteiger partial charge in [0.05, 0.1) is 22.9 Å². The second-order valence-corrected chi connectivity index (χ2v) is 9.20. The van der Waals surface area contributed by atoms with Crippen LogP contribution in [-0.4, -0.2) is 37.5 Å². The second kappa shape index (κ2) is 8.60. The van der Waals surface area contributed by atoms with Crippen molar-refractivity contribution in [3.63, 3.8) is 0 Å². The lowest BCUT2D eigenvalue weighted by Gasteiger charge is -2.27. The SMILES string of the molecule is Cc1nc(C(=O)Nc2cc3cn(C4CCC(CO)CC4)nc3cc2C(C)(C)O)ccc1F. The summed E-state index contributed by atoms with van der Waals surface area (Å²) < 4.78 is 15.5. The van der Waals surface area contributed by atoms with E-state index >= 15 is 0 Å². The van der Waals surface area contributed by atoms with E-state index in [1.807, 2.05) is 10.9 Å². The highest BCUT2D eigenvalue weighted by Gasteiger charge is 2.26. The van der Waals surface area contributed by atoms with Crippen LogP contribution in [0.1, 0.15) is 67.3 Å². The van der Waals surface area contributed by atoms with Gasteiger partial charge >= 0.3 is 0 Å². The van der Waals surface area contributed by atoms with Crippen LogP contribution in [0, 0.1) is 18.7 Å². The number of carbonyl (C=O) groups is 1. The van der Waals surface area contributed by atoms with Crippen LogP contribution in [-0.2, 0) is 5.60 Å². The van der Waals surface area contributed by atoms with Gasteiger partial charge in [-0.15, -0.1) is 0 Å². The van der Waals surface area contributed by atoms with E-state index in [4.69, 9.17) is 5.10 Å². The molecule has 0 radical (unpaired) electrons. The number of hydrogen-bond acceptors (Lipinski definition) is 5. The molecule has 0 atom stereocenters. The quantitative estimate of drug-likeness (QED) is 0.555. The standard InChI is InChI=1S/C24H29FN4O3/c1-14-19(25)8-9-20(26-14)23(31)27-22-10-16-12-29(17-6-4-15(13-30)5-7-17)28-21(16)11-18(22)24(2,3)32/h8-12,15,17,30,32H,4-7,13H2,1-3H3,(H,27,31). The third-order valence-electron chi connectivity index (χ3n) is 6.27. The molecular weight excluding hydrogens is 411 g/mol. The molecule has 3 N–H and O–H groups in total. The summed E-state index contributed by atoms with van der Waals surface area (Å²) in [4.78, 5) is 16.8. The molecule has 0 spiro atoms. The number of nitrogens with one attached hydrogen (secondary N) is 1. The maximum Gasteiger partial charge on any atom is 0.274 e. The highest BCUT2D eigenvalue weighted by atomic mass is 19.1. The molecule has 7 nitrogen and oxygen atoms in total.